The van der Waals surface area contributed by atoms with Gasteiger partial charge in [-0.3, -0.25) is 0 Å². The van der Waals surface area contributed by atoms with Gasteiger partial charge in [-0.1, -0.05) is 52.0 Å². The zero-order chi connectivity index (χ0) is 18.7. The zero-order valence-corrected chi connectivity index (χ0v) is 16.8. The molecule has 24 heavy (non-hydrogen) atoms. The highest BCUT2D eigenvalue weighted by molar-refractivity contribution is 5.58. The maximum absolute atomic E-state index is 5.09. The molecule has 1 aromatic heterocycles. The summed E-state index contributed by atoms with van der Waals surface area (Å²) in [6, 6.07) is 8.54. The average molecular weight is 331 g/mol. The Kier molecular flexibility index (Phi) is 10.5. The van der Waals surface area contributed by atoms with Crippen LogP contribution in [0.5, 0.6) is 5.88 Å². The fraction of sp³-hybridized carbons (Fsp3) is 0.476. The monoisotopic (exact) mass is 330 g/mol. The topological polar surface area (TPSA) is 34.2 Å². The molecule has 0 aliphatic heterocycles. The first-order valence-corrected chi connectivity index (χ1v) is 8.65. The van der Waals surface area contributed by atoms with Crippen LogP contribution in [0.25, 0.3) is 0 Å². The van der Waals surface area contributed by atoms with E-state index in [9.17, 15) is 0 Å². The van der Waals surface area contributed by atoms with Crippen molar-refractivity contribution in [3.05, 3.63) is 52.7 Å². The number of aryl methyl sites for hydroxylation is 2. The van der Waals surface area contributed by atoms with Crippen LogP contribution in [0.2, 0.25) is 0 Å². The number of hydrogen-bond acceptors (Lipinski definition) is 3. The Morgan fingerprint density at radius 1 is 1.00 bits per heavy atom. The highest BCUT2D eigenvalue weighted by Crippen LogP contribution is 2.25. The molecule has 1 heterocycles. The summed E-state index contributed by atoms with van der Waals surface area (Å²) in [5.41, 5.74) is 6.15. The third-order valence-electron chi connectivity index (χ3n) is 3.72. The van der Waals surface area contributed by atoms with Crippen molar-refractivity contribution in [1.29, 1.82) is 0 Å². The van der Waals surface area contributed by atoms with Crippen molar-refractivity contribution in [3.8, 4) is 5.88 Å². The summed E-state index contributed by atoms with van der Waals surface area (Å²) in [6.07, 6.45) is 1.80. The molecule has 0 aliphatic rings. The van der Waals surface area contributed by atoms with Crippen LogP contribution < -0.4 is 10.1 Å². The quantitative estimate of drug-likeness (QED) is 0.761. The van der Waals surface area contributed by atoms with Crippen LogP contribution in [-0.2, 0) is 0 Å². The minimum Gasteiger partial charge on any atom is -0.481 e. The van der Waals surface area contributed by atoms with Crippen LogP contribution in [-0.4, -0.2) is 19.1 Å². The van der Waals surface area contributed by atoms with Crippen LogP contribution in [0.4, 0.5) is 5.69 Å². The summed E-state index contributed by atoms with van der Waals surface area (Å²) in [4.78, 5) is 4.14. The minimum atomic E-state index is 0.654. The molecule has 1 aromatic carbocycles. The van der Waals surface area contributed by atoms with Crippen molar-refractivity contribution in [1.82, 2.24) is 4.98 Å². The molecule has 0 spiro atoms. The van der Waals surface area contributed by atoms with Crippen molar-refractivity contribution < 1.29 is 4.74 Å². The van der Waals surface area contributed by atoms with E-state index < -0.39 is 0 Å². The first-order valence-electron chi connectivity index (χ1n) is 8.65. The fourth-order valence-electron chi connectivity index (χ4n) is 2.54. The number of nitrogens with one attached hydrogen (secondary N) is 1. The lowest BCUT2D eigenvalue weighted by Crippen LogP contribution is -1.99. The summed E-state index contributed by atoms with van der Waals surface area (Å²) < 4.78 is 5.09. The van der Waals surface area contributed by atoms with E-state index in [1.54, 1.807) is 13.3 Å². The lowest BCUT2D eigenvalue weighted by atomic mass is 9.99. The summed E-state index contributed by atoms with van der Waals surface area (Å²) in [7, 11) is 3.53. The van der Waals surface area contributed by atoms with Crippen molar-refractivity contribution in [3.63, 3.8) is 0 Å². The van der Waals surface area contributed by atoms with Gasteiger partial charge < -0.3 is 10.1 Å². The van der Waals surface area contributed by atoms with Crippen LogP contribution in [0.3, 0.4) is 0 Å². The highest BCUT2D eigenvalue weighted by Gasteiger charge is 2.06. The lowest BCUT2D eigenvalue weighted by molar-refractivity contribution is 0.394. The van der Waals surface area contributed by atoms with Crippen molar-refractivity contribution >= 4 is 5.69 Å². The van der Waals surface area contributed by atoms with Crippen molar-refractivity contribution in [2.45, 2.75) is 54.4 Å². The second-order valence-electron chi connectivity index (χ2n) is 5.71. The van der Waals surface area contributed by atoms with E-state index in [1.165, 1.54) is 11.1 Å². The van der Waals surface area contributed by atoms with Gasteiger partial charge >= 0.3 is 0 Å². The van der Waals surface area contributed by atoms with E-state index in [0.717, 1.165) is 16.8 Å². The van der Waals surface area contributed by atoms with Gasteiger partial charge in [0.2, 0.25) is 5.88 Å². The van der Waals surface area contributed by atoms with Gasteiger partial charge in [-0.25, -0.2) is 4.98 Å². The fourth-order valence-corrected chi connectivity index (χ4v) is 2.54. The minimum absolute atomic E-state index is 0.654. The second-order valence-corrected chi connectivity index (χ2v) is 5.71. The molecular formula is C21H34N2O. The zero-order valence-electron chi connectivity index (χ0n) is 16.8. The van der Waals surface area contributed by atoms with Crippen LogP contribution in [0.1, 0.15) is 55.9 Å². The standard InChI is InChI=1S/C10H14.C9H14N2O.C2H6/c1-8(2)10-7-5-4-6-9(10)3;1-6-5-11-9(12-4)7(2)8(6)10-3;1-2/h4-8H,1-3H3;5H,1-4H3,(H,10,11);1-2H3. The number of anilines is 1. The van der Waals surface area contributed by atoms with Gasteiger partial charge in [-0.15, -0.1) is 0 Å². The predicted molar refractivity (Wildman–Crippen MR) is 106 cm³/mol. The smallest absolute Gasteiger partial charge is 0.218 e. The largest absolute Gasteiger partial charge is 0.481 e. The molecule has 0 aliphatic carbocycles. The van der Waals surface area contributed by atoms with E-state index in [2.05, 4.69) is 55.3 Å². The number of methoxy groups -OCH3 is 1. The molecule has 2 rings (SSSR count). The van der Waals surface area contributed by atoms with Crippen LogP contribution in [0, 0.1) is 20.8 Å². The number of hydrogen-bond donors (Lipinski definition) is 1. The molecule has 134 valence electrons. The lowest BCUT2D eigenvalue weighted by Gasteiger charge is -2.11. The number of nitrogens with zero attached hydrogens (tertiary/aromatic N) is 1. The van der Waals surface area contributed by atoms with Gasteiger partial charge in [0.25, 0.3) is 0 Å². The highest BCUT2D eigenvalue weighted by atomic mass is 16.5. The van der Waals surface area contributed by atoms with Gasteiger partial charge in [0.1, 0.15) is 0 Å². The molecule has 0 radical (unpaired) electrons. The van der Waals surface area contributed by atoms with E-state index in [4.69, 9.17) is 4.74 Å². The number of rotatable bonds is 3. The summed E-state index contributed by atoms with van der Waals surface area (Å²) >= 11 is 0. The third kappa shape index (κ3) is 6.23. The molecule has 0 fully saturated rings. The average Bonchev–Trinajstić information content (AvgIpc) is 2.58. The molecular weight excluding hydrogens is 296 g/mol. The van der Waals surface area contributed by atoms with Crippen LogP contribution >= 0.6 is 0 Å². The number of pyridine rings is 1. The molecule has 3 nitrogen and oxygen atoms in total. The van der Waals surface area contributed by atoms with E-state index >= 15 is 0 Å². The predicted octanol–water partition coefficient (Wildman–Crippen LogP) is 5.89. The number of benzene rings is 1. The molecule has 3 heteroatoms. The Morgan fingerprint density at radius 2 is 1.58 bits per heavy atom. The summed E-state index contributed by atoms with van der Waals surface area (Å²) in [5.74, 6) is 1.34. The Bertz CT molecular complexity index is 607. The van der Waals surface area contributed by atoms with Crippen molar-refractivity contribution in [2.75, 3.05) is 19.5 Å². The molecule has 0 saturated carbocycles. The molecule has 0 saturated heterocycles. The van der Waals surface area contributed by atoms with Crippen LogP contribution in [0.15, 0.2) is 30.5 Å². The SMILES string of the molecule is CC.CNc1c(C)cnc(OC)c1C.Cc1ccccc1C(C)C. The first-order chi connectivity index (χ1) is 11.4. The maximum Gasteiger partial charge on any atom is 0.218 e. The number of aromatic nitrogens is 1. The first kappa shape index (κ1) is 22.0. The maximum atomic E-state index is 5.09. The molecule has 0 unspecified atom stereocenters. The Balaban J connectivity index is 0.000000405. The Labute approximate surface area is 148 Å². The molecule has 0 atom stereocenters. The molecule has 2 aromatic rings. The van der Waals surface area contributed by atoms with E-state index in [-0.39, 0.29) is 0 Å². The third-order valence-corrected chi connectivity index (χ3v) is 3.72. The Hall–Kier alpha value is -2.03. The Morgan fingerprint density at radius 3 is 2.00 bits per heavy atom. The summed E-state index contributed by atoms with van der Waals surface area (Å²) in [6.45, 7) is 14.6. The normalized spacial score (nSPS) is 9.42. The van der Waals surface area contributed by atoms with Gasteiger partial charge in [0.05, 0.1) is 7.11 Å². The van der Waals surface area contributed by atoms with Gasteiger partial charge in [0, 0.05) is 24.5 Å². The van der Waals surface area contributed by atoms with E-state index in [1.807, 2.05) is 34.7 Å². The molecule has 0 bridgehead atoms. The number of ether oxygens (including phenoxy) is 1. The van der Waals surface area contributed by atoms with Gasteiger partial charge in [-0.2, -0.15) is 0 Å². The van der Waals surface area contributed by atoms with E-state index in [0.29, 0.717) is 11.8 Å². The summed E-state index contributed by atoms with van der Waals surface area (Å²) in [5, 5.41) is 3.12. The van der Waals surface area contributed by atoms with Gasteiger partial charge in [0.15, 0.2) is 0 Å². The molecule has 1 N–H and O–H groups in total. The van der Waals surface area contributed by atoms with Crippen molar-refractivity contribution in [2.24, 2.45) is 0 Å². The molecule has 0 amide bonds. The van der Waals surface area contributed by atoms with Gasteiger partial charge in [-0.05, 0) is 43.4 Å². The second kappa shape index (κ2) is 11.5.